The zero-order chi connectivity index (χ0) is 12.0. The molecular weight excluding hydrogens is 200 g/mol. The Morgan fingerprint density at radius 3 is 2.44 bits per heavy atom. The van der Waals surface area contributed by atoms with Gasteiger partial charge in [-0.05, 0) is 23.8 Å². The second-order valence-corrected chi connectivity index (χ2v) is 4.90. The fourth-order valence-corrected chi connectivity index (χ4v) is 1.68. The van der Waals surface area contributed by atoms with Crippen molar-refractivity contribution >= 4 is 5.97 Å². The molecule has 0 heterocycles. The van der Waals surface area contributed by atoms with E-state index in [0.717, 1.165) is 12.8 Å². The first-order valence-corrected chi connectivity index (χ1v) is 5.64. The Morgan fingerprint density at radius 2 is 1.88 bits per heavy atom. The molecule has 2 heteroatoms. The molecule has 0 radical (unpaired) electrons. The minimum absolute atomic E-state index is 0.00291. The number of carbonyl (C=O) groups is 1. The van der Waals surface area contributed by atoms with Crippen LogP contribution < -0.4 is 0 Å². The molecule has 0 aliphatic carbocycles. The summed E-state index contributed by atoms with van der Waals surface area (Å²) in [6.45, 7) is 4.21. The molecule has 0 spiro atoms. The van der Waals surface area contributed by atoms with Crippen LogP contribution in [0, 0.1) is 5.41 Å². The largest absolute Gasteiger partial charge is 0.469 e. The van der Waals surface area contributed by atoms with Crippen LogP contribution in [0.2, 0.25) is 0 Å². The number of benzene rings is 1. The monoisotopic (exact) mass is 220 g/mol. The van der Waals surface area contributed by atoms with Gasteiger partial charge in [0.15, 0.2) is 0 Å². The zero-order valence-electron chi connectivity index (χ0n) is 10.3. The van der Waals surface area contributed by atoms with E-state index >= 15 is 0 Å². The minimum atomic E-state index is -0.127. The molecule has 0 amide bonds. The molecule has 16 heavy (non-hydrogen) atoms. The Labute approximate surface area is 97.6 Å². The van der Waals surface area contributed by atoms with Crippen LogP contribution in [0.25, 0.3) is 0 Å². The standard InChI is InChI=1S/C14H20O2/c1-14(2,11-13(15)16-3)10-9-12-7-5-4-6-8-12/h4-8H,9-11H2,1-3H3. The van der Waals surface area contributed by atoms with E-state index in [4.69, 9.17) is 4.74 Å². The molecule has 0 N–H and O–H groups in total. The van der Waals surface area contributed by atoms with Crippen LogP contribution in [-0.4, -0.2) is 13.1 Å². The fraction of sp³-hybridized carbons (Fsp3) is 0.500. The summed E-state index contributed by atoms with van der Waals surface area (Å²) in [4.78, 5) is 11.2. The normalized spacial score (nSPS) is 11.2. The molecule has 2 nitrogen and oxygen atoms in total. The van der Waals surface area contributed by atoms with Gasteiger partial charge in [0, 0.05) is 0 Å². The highest BCUT2D eigenvalue weighted by Crippen LogP contribution is 2.27. The van der Waals surface area contributed by atoms with Gasteiger partial charge in [0.2, 0.25) is 0 Å². The van der Waals surface area contributed by atoms with Gasteiger partial charge in [-0.2, -0.15) is 0 Å². The summed E-state index contributed by atoms with van der Waals surface area (Å²) in [6, 6.07) is 10.3. The maximum absolute atomic E-state index is 11.2. The van der Waals surface area contributed by atoms with Gasteiger partial charge in [-0.1, -0.05) is 44.2 Å². The van der Waals surface area contributed by atoms with Crippen molar-refractivity contribution in [1.82, 2.24) is 0 Å². The van der Waals surface area contributed by atoms with Crippen LogP contribution in [0.1, 0.15) is 32.3 Å². The number of ether oxygens (including phenoxy) is 1. The van der Waals surface area contributed by atoms with Gasteiger partial charge in [0.25, 0.3) is 0 Å². The molecule has 0 bridgehead atoms. The lowest BCUT2D eigenvalue weighted by Gasteiger charge is -2.22. The van der Waals surface area contributed by atoms with Crippen molar-refractivity contribution in [3.8, 4) is 0 Å². The van der Waals surface area contributed by atoms with E-state index in [9.17, 15) is 4.79 Å². The van der Waals surface area contributed by atoms with Crippen LogP contribution in [0.3, 0.4) is 0 Å². The third kappa shape index (κ3) is 4.47. The lowest BCUT2D eigenvalue weighted by atomic mass is 9.83. The Hall–Kier alpha value is -1.31. The summed E-state index contributed by atoms with van der Waals surface area (Å²) in [7, 11) is 1.44. The molecule has 88 valence electrons. The molecule has 1 rings (SSSR count). The second-order valence-electron chi connectivity index (χ2n) is 4.90. The molecule has 0 unspecified atom stereocenters. The maximum Gasteiger partial charge on any atom is 0.306 e. The van der Waals surface area contributed by atoms with Gasteiger partial charge in [-0.15, -0.1) is 0 Å². The van der Waals surface area contributed by atoms with Gasteiger partial charge in [-0.3, -0.25) is 4.79 Å². The number of esters is 1. The van der Waals surface area contributed by atoms with E-state index in [1.807, 2.05) is 18.2 Å². The van der Waals surface area contributed by atoms with E-state index in [2.05, 4.69) is 26.0 Å². The zero-order valence-corrected chi connectivity index (χ0v) is 10.3. The molecule has 0 atom stereocenters. The second kappa shape index (κ2) is 5.69. The van der Waals surface area contributed by atoms with Crippen molar-refractivity contribution in [3.63, 3.8) is 0 Å². The molecular formula is C14H20O2. The predicted octanol–water partition coefficient (Wildman–Crippen LogP) is 3.21. The van der Waals surface area contributed by atoms with Crippen molar-refractivity contribution in [1.29, 1.82) is 0 Å². The Morgan fingerprint density at radius 1 is 1.25 bits per heavy atom. The first-order valence-electron chi connectivity index (χ1n) is 5.64. The number of carbonyl (C=O) groups excluding carboxylic acids is 1. The van der Waals surface area contributed by atoms with Crippen LogP contribution in [0.4, 0.5) is 0 Å². The average Bonchev–Trinajstić information content (AvgIpc) is 2.27. The molecule has 0 aromatic heterocycles. The smallest absolute Gasteiger partial charge is 0.306 e. The van der Waals surface area contributed by atoms with Crippen LogP contribution in [0.5, 0.6) is 0 Å². The van der Waals surface area contributed by atoms with Crippen molar-refractivity contribution in [3.05, 3.63) is 35.9 Å². The highest BCUT2D eigenvalue weighted by atomic mass is 16.5. The highest BCUT2D eigenvalue weighted by Gasteiger charge is 2.22. The summed E-state index contributed by atoms with van der Waals surface area (Å²) in [6.07, 6.45) is 2.48. The maximum atomic E-state index is 11.2. The number of rotatable bonds is 5. The summed E-state index contributed by atoms with van der Waals surface area (Å²) in [5, 5.41) is 0. The molecule has 0 aliphatic rings. The van der Waals surface area contributed by atoms with Gasteiger partial charge in [0.05, 0.1) is 13.5 Å². The Bertz CT molecular complexity index is 328. The SMILES string of the molecule is COC(=O)CC(C)(C)CCc1ccccc1. The summed E-state index contributed by atoms with van der Waals surface area (Å²) in [5.74, 6) is -0.127. The van der Waals surface area contributed by atoms with Gasteiger partial charge >= 0.3 is 5.97 Å². The van der Waals surface area contributed by atoms with Crippen molar-refractivity contribution < 1.29 is 9.53 Å². The number of aryl methyl sites for hydroxylation is 1. The first kappa shape index (κ1) is 12.8. The van der Waals surface area contributed by atoms with E-state index in [-0.39, 0.29) is 11.4 Å². The summed E-state index contributed by atoms with van der Waals surface area (Å²) in [5.41, 5.74) is 1.32. The Kier molecular flexibility index (Phi) is 4.53. The predicted molar refractivity (Wildman–Crippen MR) is 65.2 cm³/mol. The van der Waals surface area contributed by atoms with E-state index in [0.29, 0.717) is 6.42 Å². The van der Waals surface area contributed by atoms with Crippen LogP contribution in [-0.2, 0) is 16.0 Å². The van der Waals surface area contributed by atoms with Gasteiger partial charge in [-0.25, -0.2) is 0 Å². The topological polar surface area (TPSA) is 26.3 Å². The third-order valence-electron chi connectivity index (χ3n) is 2.78. The molecule has 0 aliphatic heterocycles. The summed E-state index contributed by atoms with van der Waals surface area (Å²) < 4.78 is 4.70. The van der Waals surface area contributed by atoms with E-state index < -0.39 is 0 Å². The molecule has 1 aromatic carbocycles. The van der Waals surface area contributed by atoms with Crippen molar-refractivity contribution in [2.45, 2.75) is 33.1 Å². The first-order chi connectivity index (χ1) is 7.53. The fourth-order valence-electron chi connectivity index (χ4n) is 1.68. The number of hydrogen-bond acceptors (Lipinski definition) is 2. The van der Waals surface area contributed by atoms with E-state index in [1.54, 1.807) is 0 Å². The number of hydrogen-bond donors (Lipinski definition) is 0. The third-order valence-corrected chi connectivity index (χ3v) is 2.78. The number of methoxy groups -OCH3 is 1. The molecule has 1 aromatic rings. The quantitative estimate of drug-likeness (QED) is 0.712. The van der Waals surface area contributed by atoms with Gasteiger partial charge < -0.3 is 4.74 Å². The molecule has 0 saturated heterocycles. The van der Waals surface area contributed by atoms with Crippen LogP contribution >= 0.6 is 0 Å². The van der Waals surface area contributed by atoms with Crippen molar-refractivity contribution in [2.75, 3.05) is 7.11 Å². The lowest BCUT2D eigenvalue weighted by Crippen LogP contribution is -2.18. The Balaban J connectivity index is 2.44. The van der Waals surface area contributed by atoms with Gasteiger partial charge in [0.1, 0.15) is 0 Å². The molecule has 0 fully saturated rings. The highest BCUT2D eigenvalue weighted by molar-refractivity contribution is 5.69. The minimum Gasteiger partial charge on any atom is -0.469 e. The molecule has 0 saturated carbocycles. The van der Waals surface area contributed by atoms with Crippen LogP contribution in [0.15, 0.2) is 30.3 Å². The van der Waals surface area contributed by atoms with Crippen molar-refractivity contribution in [2.24, 2.45) is 5.41 Å². The average molecular weight is 220 g/mol. The lowest BCUT2D eigenvalue weighted by molar-refractivity contribution is -0.143. The summed E-state index contributed by atoms with van der Waals surface area (Å²) >= 11 is 0. The van der Waals surface area contributed by atoms with E-state index in [1.165, 1.54) is 12.7 Å².